The number of carbonyl (C=O) groups is 1. The van der Waals surface area contributed by atoms with Crippen LogP contribution in [0.15, 0.2) is 6.33 Å². The van der Waals surface area contributed by atoms with Crippen LogP contribution in [0.3, 0.4) is 0 Å². The highest BCUT2D eigenvalue weighted by molar-refractivity contribution is 7.91. The zero-order valence-corrected chi connectivity index (χ0v) is 16.2. The molecule has 1 saturated heterocycles. The highest BCUT2D eigenvalue weighted by Gasteiger charge is 2.29. The molecule has 1 aliphatic heterocycles. The summed E-state index contributed by atoms with van der Waals surface area (Å²) in [4.78, 5) is 25.1. The van der Waals surface area contributed by atoms with Crippen LogP contribution in [0.4, 0.5) is 5.82 Å². The number of amides is 1. The average Bonchev–Trinajstić information content (AvgIpc) is 3.04. The van der Waals surface area contributed by atoms with Gasteiger partial charge in [-0.15, -0.1) is 11.3 Å². The third-order valence-corrected chi connectivity index (χ3v) is 7.44. The number of aromatic nitrogens is 2. The fourth-order valence-corrected chi connectivity index (χ4v) is 5.76. The van der Waals surface area contributed by atoms with Gasteiger partial charge in [0.25, 0.3) is 0 Å². The van der Waals surface area contributed by atoms with E-state index in [4.69, 9.17) is 0 Å². The van der Waals surface area contributed by atoms with Gasteiger partial charge in [0.05, 0.1) is 23.4 Å². The Hall–Kier alpha value is -1.74. The van der Waals surface area contributed by atoms with Gasteiger partial charge in [0.1, 0.15) is 17.0 Å². The predicted molar refractivity (Wildman–Crippen MR) is 100.0 cm³/mol. The van der Waals surface area contributed by atoms with Crippen LogP contribution in [0.1, 0.15) is 23.8 Å². The van der Waals surface area contributed by atoms with Crippen LogP contribution in [-0.4, -0.2) is 54.9 Å². The van der Waals surface area contributed by atoms with Crippen LogP contribution in [0.2, 0.25) is 0 Å². The third-order valence-electron chi connectivity index (χ3n) is 4.56. The molecular weight excluding hydrogens is 360 g/mol. The summed E-state index contributed by atoms with van der Waals surface area (Å²) in [6.07, 6.45) is 2.01. The van der Waals surface area contributed by atoms with E-state index in [2.05, 4.69) is 22.2 Å². The van der Waals surface area contributed by atoms with Crippen LogP contribution in [0.25, 0.3) is 10.2 Å². The van der Waals surface area contributed by atoms with E-state index < -0.39 is 9.84 Å². The Morgan fingerprint density at radius 3 is 2.80 bits per heavy atom. The molecule has 0 saturated carbocycles. The number of fused-ring (bicyclic) bond motifs is 1. The second kappa shape index (κ2) is 6.87. The Bertz CT molecular complexity index is 907. The van der Waals surface area contributed by atoms with E-state index in [0.717, 1.165) is 21.6 Å². The number of aryl methyl sites for hydroxylation is 2. The molecule has 2 aromatic rings. The summed E-state index contributed by atoms with van der Waals surface area (Å²) in [5.41, 5.74) is 1.14. The van der Waals surface area contributed by atoms with E-state index in [9.17, 15) is 13.2 Å². The minimum atomic E-state index is -3.01. The van der Waals surface area contributed by atoms with Crippen molar-refractivity contribution in [2.45, 2.75) is 33.2 Å². The zero-order chi connectivity index (χ0) is 18.2. The quantitative estimate of drug-likeness (QED) is 0.841. The van der Waals surface area contributed by atoms with E-state index in [1.54, 1.807) is 11.3 Å². The molecule has 1 N–H and O–H groups in total. The number of rotatable bonds is 5. The molecule has 7 nitrogen and oxygen atoms in total. The SMILES string of the molecule is CCN(CC(=O)NC1CCS(=O)(=O)C1)c1ncnc2sc(C)c(C)c12. The summed E-state index contributed by atoms with van der Waals surface area (Å²) in [6.45, 7) is 6.83. The molecule has 2 aromatic heterocycles. The van der Waals surface area contributed by atoms with Gasteiger partial charge in [0, 0.05) is 17.5 Å². The molecule has 1 unspecified atom stereocenters. The Labute approximate surface area is 151 Å². The topological polar surface area (TPSA) is 92.3 Å². The molecule has 3 heterocycles. The second-order valence-electron chi connectivity index (χ2n) is 6.34. The zero-order valence-electron chi connectivity index (χ0n) is 14.6. The lowest BCUT2D eigenvalue weighted by Crippen LogP contribution is -2.43. The lowest BCUT2D eigenvalue weighted by atomic mass is 10.2. The van der Waals surface area contributed by atoms with Crippen molar-refractivity contribution >= 4 is 43.1 Å². The van der Waals surface area contributed by atoms with Gasteiger partial charge in [-0.05, 0) is 32.8 Å². The minimum absolute atomic E-state index is 0.0332. The molecule has 9 heteroatoms. The van der Waals surface area contributed by atoms with Crippen LogP contribution in [0.5, 0.6) is 0 Å². The van der Waals surface area contributed by atoms with Gasteiger partial charge in [-0.1, -0.05) is 0 Å². The minimum Gasteiger partial charge on any atom is -0.351 e. The molecular formula is C16H22N4O3S2. The van der Waals surface area contributed by atoms with E-state index in [1.165, 1.54) is 11.2 Å². The van der Waals surface area contributed by atoms with Crippen LogP contribution >= 0.6 is 11.3 Å². The molecule has 3 rings (SSSR count). The molecule has 25 heavy (non-hydrogen) atoms. The number of hydrogen-bond donors (Lipinski definition) is 1. The van der Waals surface area contributed by atoms with E-state index in [-0.39, 0.29) is 30.0 Å². The first-order chi connectivity index (χ1) is 11.8. The second-order valence-corrected chi connectivity index (χ2v) is 9.77. The van der Waals surface area contributed by atoms with Crippen LogP contribution in [-0.2, 0) is 14.6 Å². The third kappa shape index (κ3) is 3.77. The highest BCUT2D eigenvalue weighted by atomic mass is 32.2. The maximum atomic E-state index is 12.4. The summed E-state index contributed by atoms with van der Waals surface area (Å²) >= 11 is 1.62. The number of carbonyl (C=O) groups excluding carboxylic acids is 1. The van der Waals surface area contributed by atoms with Gasteiger partial charge < -0.3 is 10.2 Å². The lowest BCUT2D eigenvalue weighted by Gasteiger charge is -2.23. The highest BCUT2D eigenvalue weighted by Crippen LogP contribution is 2.34. The van der Waals surface area contributed by atoms with E-state index >= 15 is 0 Å². The first-order valence-corrected chi connectivity index (χ1v) is 10.9. The normalized spacial score (nSPS) is 19.2. The monoisotopic (exact) mass is 382 g/mol. The Morgan fingerprint density at radius 1 is 1.40 bits per heavy atom. The van der Waals surface area contributed by atoms with Gasteiger partial charge in [0.15, 0.2) is 9.84 Å². The van der Waals surface area contributed by atoms with Gasteiger partial charge >= 0.3 is 0 Å². The Balaban J connectivity index is 1.78. The van der Waals surface area contributed by atoms with Crippen molar-refractivity contribution in [2.75, 3.05) is 29.5 Å². The summed E-state index contributed by atoms with van der Waals surface area (Å²) in [7, 11) is -3.01. The van der Waals surface area contributed by atoms with Gasteiger partial charge in [-0.3, -0.25) is 4.79 Å². The largest absolute Gasteiger partial charge is 0.351 e. The molecule has 0 bridgehead atoms. The summed E-state index contributed by atoms with van der Waals surface area (Å²) in [5, 5.41) is 3.83. The number of hydrogen-bond acceptors (Lipinski definition) is 7. The molecule has 1 amide bonds. The maximum absolute atomic E-state index is 12.4. The number of likely N-dealkylation sites (N-methyl/N-ethyl adjacent to an activating group) is 1. The molecule has 136 valence electrons. The van der Waals surface area contributed by atoms with Crippen LogP contribution in [0, 0.1) is 13.8 Å². The molecule has 0 radical (unpaired) electrons. The first-order valence-electron chi connectivity index (χ1n) is 8.26. The molecule has 1 atom stereocenters. The van der Waals surface area contributed by atoms with Crippen molar-refractivity contribution in [1.82, 2.24) is 15.3 Å². The summed E-state index contributed by atoms with van der Waals surface area (Å²) in [5.74, 6) is 0.754. The fraction of sp³-hybridized carbons (Fsp3) is 0.562. The number of nitrogens with zero attached hydrogens (tertiary/aromatic N) is 3. The standard InChI is InChI=1S/C16H22N4O3S2/c1-4-20(7-13(21)19-12-5-6-25(22,23)8-12)15-14-10(2)11(3)24-16(14)18-9-17-15/h9,12H,4-8H2,1-3H3,(H,19,21). The van der Waals surface area contributed by atoms with Crippen molar-refractivity contribution in [2.24, 2.45) is 0 Å². The average molecular weight is 383 g/mol. The first kappa shape index (κ1) is 18.1. The Morgan fingerprint density at radius 2 is 2.16 bits per heavy atom. The van der Waals surface area contributed by atoms with Crippen molar-refractivity contribution in [1.29, 1.82) is 0 Å². The smallest absolute Gasteiger partial charge is 0.239 e. The maximum Gasteiger partial charge on any atom is 0.239 e. The Kier molecular flexibility index (Phi) is 4.97. The number of anilines is 1. The number of thiophene rings is 1. The molecule has 0 spiro atoms. The lowest BCUT2D eigenvalue weighted by molar-refractivity contribution is -0.120. The van der Waals surface area contributed by atoms with Gasteiger partial charge in [-0.2, -0.15) is 0 Å². The predicted octanol–water partition coefficient (Wildman–Crippen LogP) is 1.44. The van der Waals surface area contributed by atoms with Crippen molar-refractivity contribution in [3.05, 3.63) is 16.8 Å². The molecule has 0 aromatic carbocycles. The van der Waals surface area contributed by atoms with E-state index in [0.29, 0.717) is 13.0 Å². The summed E-state index contributed by atoms with van der Waals surface area (Å²) < 4.78 is 23.1. The van der Waals surface area contributed by atoms with Crippen molar-refractivity contribution < 1.29 is 13.2 Å². The molecule has 0 aliphatic carbocycles. The fourth-order valence-electron chi connectivity index (χ4n) is 3.10. The van der Waals surface area contributed by atoms with Crippen molar-refractivity contribution in [3.63, 3.8) is 0 Å². The van der Waals surface area contributed by atoms with E-state index in [1.807, 2.05) is 18.7 Å². The van der Waals surface area contributed by atoms with Crippen LogP contribution < -0.4 is 10.2 Å². The molecule has 1 fully saturated rings. The summed E-state index contributed by atoms with van der Waals surface area (Å²) in [6, 6.07) is -0.285. The molecule has 1 aliphatic rings. The van der Waals surface area contributed by atoms with Gasteiger partial charge in [0.2, 0.25) is 5.91 Å². The number of sulfone groups is 1. The number of nitrogens with one attached hydrogen (secondary N) is 1. The van der Waals surface area contributed by atoms with Gasteiger partial charge in [-0.25, -0.2) is 18.4 Å². The van der Waals surface area contributed by atoms with Crippen molar-refractivity contribution in [3.8, 4) is 0 Å².